The fourth-order valence-corrected chi connectivity index (χ4v) is 3.73. The predicted molar refractivity (Wildman–Crippen MR) is 78.7 cm³/mol. The van der Waals surface area contributed by atoms with Crippen molar-refractivity contribution in [1.82, 2.24) is 4.90 Å². The van der Waals surface area contributed by atoms with Gasteiger partial charge in [0, 0.05) is 11.6 Å². The summed E-state index contributed by atoms with van der Waals surface area (Å²) in [4.78, 5) is 14.0. The van der Waals surface area contributed by atoms with Crippen molar-refractivity contribution in [3.8, 4) is 5.75 Å². The van der Waals surface area contributed by atoms with Gasteiger partial charge in [-0.2, -0.15) is 12.6 Å². The van der Waals surface area contributed by atoms with Crippen LogP contribution < -0.4 is 0 Å². The van der Waals surface area contributed by atoms with Crippen molar-refractivity contribution in [2.45, 2.75) is 49.1 Å². The second-order valence-corrected chi connectivity index (χ2v) is 6.21. The maximum absolute atomic E-state index is 12.1. The van der Waals surface area contributed by atoms with E-state index in [0.29, 0.717) is 0 Å². The van der Waals surface area contributed by atoms with Gasteiger partial charge in [-0.15, -0.1) is 0 Å². The molecule has 2 atom stereocenters. The number of hydrogen-bond acceptors (Lipinski definition) is 4. The number of carbonyl (C=O) groups excluding carboxylic acids is 1. The molecule has 1 heterocycles. The Morgan fingerprint density at radius 1 is 1.15 bits per heavy atom. The first-order valence-corrected chi connectivity index (χ1v) is 7.57. The lowest BCUT2D eigenvalue weighted by molar-refractivity contribution is -0.150. The Morgan fingerprint density at radius 3 is 2.45 bits per heavy atom. The second kappa shape index (κ2) is 5.30. The first kappa shape index (κ1) is 13.8. The molecule has 2 fully saturated rings. The van der Waals surface area contributed by atoms with E-state index in [4.69, 9.17) is 0 Å². The Kier molecular flexibility index (Phi) is 3.65. The molecule has 20 heavy (non-hydrogen) atoms. The molecule has 108 valence electrons. The van der Waals surface area contributed by atoms with E-state index >= 15 is 0 Å². The Hall–Kier alpha value is -1.20. The van der Waals surface area contributed by atoms with Crippen molar-refractivity contribution in [3.05, 3.63) is 29.8 Å². The molecule has 0 unspecified atom stereocenters. The van der Waals surface area contributed by atoms with Gasteiger partial charge in [0.05, 0.1) is 12.1 Å². The summed E-state index contributed by atoms with van der Waals surface area (Å²) in [6, 6.07) is 7.11. The van der Waals surface area contributed by atoms with Crippen molar-refractivity contribution in [2.75, 3.05) is 0 Å². The van der Waals surface area contributed by atoms with Crippen molar-refractivity contribution in [2.24, 2.45) is 0 Å². The van der Waals surface area contributed by atoms with Crippen molar-refractivity contribution < 1.29 is 15.0 Å². The molecule has 4 nitrogen and oxygen atoms in total. The fourth-order valence-electron chi connectivity index (χ4n) is 3.30. The molecule has 1 amide bonds. The molecule has 0 aromatic heterocycles. The first-order valence-electron chi connectivity index (χ1n) is 7.06. The number of thiol groups is 1. The molecule has 1 aromatic rings. The summed E-state index contributed by atoms with van der Waals surface area (Å²) < 4.78 is 0. The van der Waals surface area contributed by atoms with Gasteiger partial charge >= 0.3 is 0 Å². The summed E-state index contributed by atoms with van der Waals surface area (Å²) in [6.07, 6.45) is 2.87. The van der Waals surface area contributed by atoms with E-state index in [1.165, 1.54) is 0 Å². The largest absolute Gasteiger partial charge is 0.508 e. The number of hydrogen-bond donors (Lipinski definition) is 3. The van der Waals surface area contributed by atoms with Crippen LogP contribution in [0.25, 0.3) is 0 Å². The minimum Gasteiger partial charge on any atom is -0.508 e. The van der Waals surface area contributed by atoms with Gasteiger partial charge in [-0.05, 0) is 31.7 Å². The Labute approximate surface area is 123 Å². The fraction of sp³-hybridized carbons (Fsp3) is 0.533. The van der Waals surface area contributed by atoms with Crippen LogP contribution in [0.5, 0.6) is 5.75 Å². The third-order valence-corrected chi connectivity index (χ3v) is 4.92. The minimum atomic E-state index is -0.379. The topological polar surface area (TPSA) is 60.8 Å². The third-order valence-electron chi connectivity index (χ3n) is 4.42. The molecule has 0 bridgehead atoms. The van der Waals surface area contributed by atoms with E-state index in [-0.39, 0.29) is 35.1 Å². The molecule has 1 saturated heterocycles. The van der Waals surface area contributed by atoms with E-state index in [1.54, 1.807) is 12.1 Å². The zero-order valence-corrected chi connectivity index (χ0v) is 12.0. The van der Waals surface area contributed by atoms with E-state index in [9.17, 15) is 15.0 Å². The Bertz CT molecular complexity index is 514. The number of para-hydroxylation sites is 1. The van der Waals surface area contributed by atoms with E-state index < -0.39 is 0 Å². The molecule has 5 heteroatoms. The van der Waals surface area contributed by atoms with Gasteiger partial charge in [-0.3, -0.25) is 4.79 Å². The van der Waals surface area contributed by atoms with Gasteiger partial charge in [0.2, 0.25) is 5.91 Å². The standard InChI is InChI=1S/C15H19NO3S/c17-10-7-5-9(6-8-10)16-13(14(20)15(16)19)11-3-1-2-4-12(11)18/h1-4,9-10,13-14,17-18,20H,5-8H2/t9?,10?,13-,14+/m1/s1. The maximum atomic E-state index is 12.1. The van der Waals surface area contributed by atoms with Crippen molar-refractivity contribution in [1.29, 1.82) is 0 Å². The number of phenolic OH excluding ortho intramolecular Hbond substituents is 1. The smallest absolute Gasteiger partial charge is 0.238 e. The van der Waals surface area contributed by atoms with Crippen LogP contribution >= 0.6 is 12.6 Å². The summed E-state index contributed by atoms with van der Waals surface area (Å²) in [5, 5.41) is 19.2. The van der Waals surface area contributed by atoms with E-state index in [0.717, 1.165) is 31.2 Å². The van der Waals surface area contributed by atoms with Crippen LogP contribution in [0.1, 0.15) is 37.3 Å². The number of phenols is 1. The number of amides is 1. The molecule has 0 spiro atoms. The molecule has 2 aliphatic rings. The average molecular weight is 293 g/mol. The summed E-state index contributed by atoms with van der Waals surface area (Å²) >= 11 is 4.38. The average Bonchev–Trinajstić information content (AvgIpc) is 2.46. The predicted octanol–water partition coefficient (Wildman–Crippen LogP) is 1.88. The van der Waals surface area contributed by atoms with E-state index in [2.05, 4.69) is 12.6 Å². The maximum Gasteiger partial charge on any atom is 0.238 e. The number of aromatic hydroxyl groups is 1. The van der Waals surface area contributed by atoms with Crippen molar-refractivity contribution >= 4 is 18.5 Å². The Balaban J connectivity index is 1.83. The highest BCUT2D eigenvalue weighted by Crippen LogP contribution is 2.45. The van der Waals surface area contributed by atoms with Crippen LogP contribution in [-0.4, -0.2) is 38.4 Å². The number of aliphatic hydroxyl groups is 1. The normalized spacial score (nSPS) is 33.9. The quantitative estimate of drug-likeness (QED) is 0.576. The molecular weight excluding hydrogens is 274 g/mol. The molecular formula is C15H19NO3S. The summed E-state index contributed by atoms with van der Waals surface area (Å²) in [6.45, 7) is 0. The number of aliphatic hydroxyl groups excluding tert-OH is 1. The van der Waals surface area contributed by atoms with Gasteiger partial charge in [-0.1, -0.05) is 18.2 Å². The lowest BCUT2D eigenvalue weighted by Crippen LogP contribution is -2.60. The summed E-state index contributed by atoms with van der Waals surface area (Å²) in [7, 11) is 0. The lowest BCUT2D eigenvalue weighted by atomic mass is 9.84. The molecule has 0 radical (unpaired) electrons. The van der Waals surface area contributed by atoms with Crippen LogP contribution in [0.2, 0.25) is 0 Å². The number of benzene rings is 1. The van der Waals surface area contributed by atoms with Crippen LogP contribution in [0, 0.1) is 0 Å². The third kappa shape index (κ3) is 2.19. The van der Waals surface area contributed by atoms with Gasteiger partial charge in [0.15, 0.2) is 0 Å². The molecule has 1 aromatic carbocycles. The lowest BCUT2D eigenvalue weighted by Gasteiger charge is -2.51. The highest BCUT2D eigenvalue weighted by molar-refractivity contribution is 7.82. The summed E-state index contributed by atoms with van der Waals surface area (Å²) in [5.41, 5.74) is 0.762. The number of carbonyl (C=O) groups is 1. The first-order chi connectivity index (χ1) is 9.59. The SMILES string of the molecule is O=C1[C@@H](S)[C@@H](c2ccccc2O)N1C1CCC(O)CC1. The molecule has 1 aliphatic heterocycles. The van der Waals surface area contributed by atoms with E-state index in [1.807, 2.05) is 17.0 Å². The highest BCUT2D eigenvalue weighted by Gasteiger charge is 2.50. The zero-order chi connectivity index (χ0) is 14.3. The highest BCUT2D eigenvalue weighted by atomic mass is 32.1. The van der Waals surface area contributed by atoms with Crippen LogP contribution in [0.4, 0.5) is 0 Å². The van der Waals surface area contributed by atoms with Gasteiger partial charge in [0.1, 0.15) is 11.0 Å². The van der Waals surface area contributed by atoms with Crippen LogP contribution in [0.15, 0.2) is 24.3 Å². The second-order valence-electron chi connectivity index (χ2n) is 5.66. The monoisotopic (exact) mass is 293 g/mol. The van der Waals surface area contributed by atoms with Gasteiger partial charge in [0.25, 0.3) is 0 Å². The van der Waals surface area contributed by atoms with Gasteiger partial charge < -0.3 is 15.1 Å². The molecule has 1 aliphatic carbocycles. The Morgan fingerprint density at radius 2 is 1.80 bits per heavy atom. The zero-order valence-electron chi connectivity index (χ0n) is 11.1. The van der Waals surface area contributed by atoms with Crippen LogP contribution in [0.3, 0.4) is 0 Å². The molecule has 1 saturated carbocycles. The molecule has 3 rings (SSSR count). The number of β-lactam (4-membered cyclic amide) rings is 1. The number of nitrogens with zero attached hydrogens (tertiary/aromatic N) is 1. The summed E-state index contributed by atoms with van der Waals surface area (Å²) in [5.74, 6) is 0.243. The molecule has 2 N–H and O–H groups in total. The number of rotatable bonds is 2. The van der Waals surface area contributed by atoms with Crippen molar-refractivity contribution in [3.63, 3.8) is 0 Å². The van der Waals surface area contributed by atoms with Gasteiger partial charge in [-0.25, -0.2) is 0 Å². The minimum absolute atomic E-state index is 0.0305. The number of likely N-dealkylation sites (tertiary alicyclic amines) is 1. The van der Waals surface area contributed by atoms with Crippen LogP contribution in [-0.2, 0) is 4.79 Å².